The Morgan fingerprint density at radius 2 is 1.95 bits per heavy atom. The third-order valence-electron chi connectivity index (χ3n) is 2.27. The van der Waals surface area contributed by atoms with Crippen molar-refractivity contribution in [3.05, 3.63) is 29.3 Å². The average Bonchev–Trinajstić information content (AvgIpc) is 2.35. The molecule has 19 heavy (non-hydrogen) atoms. The molecule has 3 nitrogen and oxygen atoms in total. The van der Waals surface area contributed by atoms with Crippen LogP contribution in [0.2, 0.25) is 0 Å². The molecular weight excluding hydrogens is 261 g/mol. The molecule has 0 heterocycles. The molecule has 0 saturated carbocycles. The summed E-state index contributed by atoms with van der Waals surface area (Å²) in [6.45, 7) is 3.81. The zero-order chi connectivity index (χ0) is 14.5. The van der Waals surface area contributed by atoms with Gasteiger partial charge in [-0.15, -0.1) is 0 Å². The van der Waals surface area contributed by atoms with Crippen LogP contribution < -0.4 is 4.74 Å². The van der Waals surface area contributed by atoms with Crippen molar-refractivity contribution in [3.63, 3.8) is 0 Å². The van der Waals surface area contributed by atoms with Crippen molar-refractivity contribution < 1.29 is 27.4 Å². The standard InChI is InChI=1S/C13H15F3O3/c1-3-7-19-11-8-9(13(14,15)16)5-6-10(11)12(17)18-4-2/h5-6,8H,3-4,7H2,1-2H3. The molecule has 0 aliphatic heterocycles. The van der Waals surface area contributed by atoms with E-state index < -0.39 is 17.7 Å². The van der Waals surface area contributed by atoms with Crippen LogP contribution in [0.5, 0.6) is 5.75 Å². The maximum atomic E-state index is 12.6. The second-order valence-electron chi connectivity index (χ2n) is 3.78. The molecule has 1 aromatic carbocycles. The summed E-state index contributed by atoms with van der Waals surface area (Å²) in [7, 11) is 0. The molecule has 0 unspecified atom stereocenters. The van der Waals surface area contributed by atoms with Crippen LogP contribution >= 0.6 is 0 Å². The molecule has 0 aromatic heterocycles. The minimum Gasteiger partial charge on any atom is -0.493 e. The van der Waals surface area contributed by atoms with Gasteiger partial charge in [-0.1, -0.05) is 6.92 Å². The van der Waals surface area contributed by atoms with Crippen LogP contribution in [0.4, 0.5) is 13.2 Å². The molecule has 0 saturated heterocycles. The Bertz CT molecular complexity index is 441. The lowest BCUT2D eigenvalue weighted by Gasteiger charge is -2.13. The summed E-state index contributed by atoms with van der Waals surface area (Å²) in [6.07, 6.45) is -3.85. The van der Waals surface area contributed by atoms with Crippen LogP contribution in [-0.4, -0.2) is 19.2 Å². The van der Waals surface area contributed by atoms with E-state index in [-0.39, 0.29) is 24.5 Å². The summed E-state index contributed by atoms with van der Waals surface area (Å²) >= 11 is 0. The molecule has 0 N–H and O–H groups in total. The fraction of sp³-hybridized carbons (Fsp3) is 0.462. The first-order valence-corrected chi connectivity index (χ1v) is 5.91. The van der Waals surface area contributed by atoms with Crippen LogP contribution in [0.15, 0.2) is 18.2 Å². The minimum absolute atomic E-state index is 0.00306. The number of carbonyl (C=O) groups is 1. The number of carbonyl (C=O) groups excluding carboxylic acids is 1. The van der Waals surface area contributed by atoms with Gasteiger partial charge in [0.15, 0.2) is 0 Å². The average molecular weight is 276 g/mol. The van der Waals surface area contributed by atoms with Gasteiger partial charge in [0.25, 0.3) is 0 Å². The summed E-state index contributed by atoms with van der Waals surface area (Å²) < 4.78 is 47.8. The Labute approximate surface area is 109 Å². The highest BCUT2D eigenvalue weighted by molar-refractivity contribution is 5.92. The van der Waals surface area contributed by atoms with E-state index in [1.807, 2.05) is 6.92 Å². The van der Waals surface area contributed by atoms with Gasteiger partial charge in [-0.2, -0.15) is 13.2 Å². The lowest BCUT2D eigenvalue weighted by molar-refractivity contribution is -0.137. The van der Waals surface area contributed by atoms with Gasteiger partial charge < -0.3 is 9.47 Å². The normalized spacial score (nSPS) is 11.2. The first-order valence-electron chi connectivity index (χ1n) is 5.91. The Morgan fingerprint density at radius 1 is 1.26 bits per heavy atom. The molecule has 0 fully saturated rings. The van der Waals surface area contributed by atoms with Crippen molar-refractivity contribution in [2.75, 3.05) is 13.2 Å². The maximum Gasteiger partial charge on any atom is 0.416 e. The maximum absolute atomic E-state index is 12.6. The molecule has 0 bridgehead atoms. The Hall–Kier alpha value is -1.72. The van der Waals surface area contributed by atoms with Crippen molar-refractivity contribution in [2.24, 2.45) is 0 Å². The molecular formula is C13H15F3O3. The van der Waals surface area contributed by atoms with E-state index in [9.17, 15) is 18.0 Å². The monoisotopic (exact) mass is 276 g/mol. The number of halogens is 3. The van der Waals surface area contributed by atoms with Crippen molar-refractivity contribution in [2.45, 2.75) is 26.4 Å². The second kappa shape index (κ2) is 6.45. The van der Waals surface area contributed by atoms with E-state index >= 15 is 0 Å². The zero-order valence-electron chi connectivity index (χ0n) is 10.7. The fourth-order valence-corrected chi connectivity index (χ4v) is 1.41. The molecule has 106 valence electrons. The van der Waals surface area contributed by atoms with E-state index in [0.29, 0.717) is 6.42 Å². The van der Waals surface area contributed by atoms with E-state index in [2.05, 4.69) is 0 Å². The van der Waals surface area contributed by atoms with Crippen molar-refractivity contribution in [3.8, 4) is 5.75 Å². The molecule has 0 spiro atoms. The van der Waals surface area contributed by atoms with Gasteiger partial charge in [0.05, 0.1) is 18.8 Å². The van der Waals surface area contributed by atoms with Gasteiger partial charge >= 0.3 is 12.1 Å². The first-order chi connectivity index (χ1) is 8.90. The van der Waals surface area contributed by atoms with Crippen LogP contribution in [0.25, 0.3) is 0 Å². The molecule has 0 aliphatic rings. The van der Waals surface area contributed by atoms with Crippen LogP contribution in [-0.2, 0) is 10.9 Å². The van der Waals surface area contributed by atoms with Gasteiger partial charge in [-0.05, 0) is 31.5 Å². The van der Waals surface area contributed by atoms with Gasteiger partial charge in [0, 0.05) is 0 Å². The van der Waals surface area contributed by atoms with Gasteiger partial charge in [-0.25, -0.2) is 4.79 Å². The zero-order valence-corrected chi connectivity index (χ0v) is 10.7. The third-order valence-corrected chi connectivity index (χ3v) is 2.27. The summed E-state index contributed by atoms with van der Waals surface area (Å²) in [5, 5.41) is 0. The van der Waals surface area contributed by atoms with Crippen molar-refractivity contribution in [1.82, 2.24) is 0 Å². The highest BCUT2D eigenvalue weighted by Crippen LogP contribution is 2.33. The summed E-state index contributed by atoms with van der Waals surface area (Å²) in [5.74, 6) is -0.794. The van der Waals surface area contributed by atoms with E-state index in [1.54, 1.807) is 6.92 Å². The first kappa shape index (κ1) is 15.3. The fourth-order valence-electron chi connectivity index (χ4n) is 1.41. The largest absolute Gasteiger partial charge is 0.493 e. The quantitative estimate of drug-likeness (QED) is 0.770. The summed E-state index contributed by atoms with van der Waals surface area (Å²) in [5.41, 5.74) is -0.852. The molecule has 1 rings (SSSR count). The van der Waals surface area contributed by atoms with Crippen molar-refractivity contribution in [1.29, 1.82) is 0 Å². The molecule has 0 atom stereocenters. The summed E-state index contributed by atoms with van der Waals surface area (Å²) in [6, 6.07) is 2.73. The van der Waals surface area contributed by atoms with E-state index in [4.69, 9.17) is 9.47 Å². The number of hydrogen-bond acceptors (Lipinski definition) is 3. The van der Waals surface area contributed by atoms with Crippen molar-refractivity contribution >= 4 is 5.97 Å². The second-order valence-corrected chi connectivity index (χ2v) is 3.78. The van der Waals surface area contributed by atoms with Crippen LogP contribution in [0.3, 0.4) is 0 Å². The van der Waals surface area contributed by atoms with Gasteiger partial charge in [0.1, 0.15) is 11.3 Å². The van der Waals surface area contributed by atoms with Gasteiger partial charge in [0.2, 0.25) is 0 Å². The lowest BCUT2D eigenvalue weighted by atomic mass is 10.1. The number of esters is 1. The highest BCUT2D eigenvalue weighted by Gasteiger charge is 2.32. The topological polar surface area (TPSA) is 35.5 Å². The number of hydrogen-bond donors (Lipinski definition) is 0. The molecule has 0 radical (unpaired) electrons. The molecule has 1 aromatic rings. The highest BCUT2D eigenvalue weighted by atomic mass is 19.4. The molecule has 0 amide bonds. The van der Waals surface area contributed by atoms with Crippen LogP contribution in [0.1, 0.15) is 36.2 Å². The van der Waals surface area contributed by atoms with E-state index in [1.165, 1.54) is 0 Å². The smallest absolute Gasteiger partial charge is 0.416 e. The number of ether oxygens (including phenoxy) is 2. The SMILES string of the molecule is CCCOc1cc(C(F)(F)F)ccc1C(=O)OCC. The predicted molar refractivity (Wildman–Crippen MR) is 63.2 cm³/mol. The Kier molecular flexibility index (Phi) is 5.20. The predicted octanol–water partition coefficient (Wildman–Crippen LogP) is 3.67. The third kappa shape index (κ3) is 4.15. The molecule has 0 aliphatic carbocycles. The Balaban J connectivity index is 3.12. The van der Waals surface area contributed by atoms with E-state index in [0.717, 1.165) is 18.2 Å². The Morgan fingerprint density at radius 3 is 2.47 bits per heavy atom. The minimum atomic E-state index is -4.47. The number of rotatable bonds is 5. The number of benzene rings is 1. The van der Waals surface area contributed by atoms with Gasteiger partial charge in [-0.3, -0.25) is 0 Å². The molecule has 6 heteroatoms. The number of alkyl halides is 3. The van der Waals surface area contributed by atoms with Crippen LogP contribution in [0, 0.1) is 0 Å². The lowest BCUT2D eigenvalue weighted by Crippen LogP contribution is -2.11. The summed E-state index contributed by atoms with van der Waals surface area (Å²) in [4.78, 5) is 11.6.